The molecule has 0 aromatic heterocycles. The van der Waals surface area contributed by atoms with Gasteiger partial charge < -0.3 is 14.8 Å². The van der Waals surface area contributed by atoms with Gasteiger partial charge >= 0.3 is 0 Å². The number of fused-ring (bicyclic) bond motifs is 1. The van der Waals surface area contributed by atoms with Gasteiger partial charge in [-0.2, -0.15) is 0 Å². The Morgan fingerprint density at radius 2 is 1.96 bits per heavy atom. The average Bonchev–Trinajstić information content (AvgIpc) is 2.59. The van der Waals surface area contributed by atoms with Crippen LogP contribution in [0.4, 0.5) is 0 Å². The van der Waals surface area contributed by atoms with Gasteiger partial charge in [0, 0.05) is 24.1 Å². The van der Waals surface area contributed by atoms with E-state index < -0.39 is 0 Å². The van der Waals surface area contributed by atoms with Crippen molar-refractivity contribution in [3.05, 3.63) is 59.7 Å². The normalized spacial score (nSPS) is 19.9. The van der Waals surface area contributed by atoms with Gasteiger partial charge in [-0.05, 0) is 51.0 Å². The van der Waals surface area contributed by atoms with Crippen molar-refractivity contribution < 1.29 is 9.47 Å². The molecule has 3 nitrogen and oxygen atoms in total. The third-order valence-electron chi connectivity index (χ3n) is 4.75. The molecule has 0 spiro atoms. The number of rotatable bonds is 5. The molecular weight excluding hydrogens is 298 g/mol. The van der Waals surface area contributed by atoms with Gasteiger partial charge in [-0.15, -0.1) is 0 Å². The molecule has 0 saturated heterocycles. The molecule has 1 unspecified atom stereocenters. The third-order valence-corrected chi connectivity index (χ3v) is 4.75. The van der Waals surface area contributed by atoms with Gasteiger partial charge in [0.2, 0.25) is 0 Å². The third kappa shape index (κ3) is 3.73. The quantitative estimate of drug-likeness (QED) is 0.865. The van der Waals surface area contributed by atoms with Crippen LogP contribution < -0.4 is 14.8 Å². The van der Waals surface area contributed by atoms with Crippen molar-refractivity contribution >= 4 is 0 Å². The van der Waals surface area contributed by atoms with Gasteiger partial charge in [-0.1, -0.05) is 30.3 Å². The molecule has 0 radical (unpaired) electrons. The van der Waals surface area contributed by atoms with Crippen LogP contribution in [0.25, 0.3) is 0 Å². The molecule has 128 valence electrons. The summed E-state index contributed by atoms with van der Waals surface area (Å²) < 4.78 is 11.6. The second kappa shape index (κ2) is 6.86. The van der Waals surface area contributed by atoms with E-state index in [0.29, 0.717) is 12.0 Å². The Kier molecular flexibility index (Phi) is 4.81. The van der Waals surface area contributed by atoms with Gasteiger partial charge in [0.1, 0.15) is 17.1 Å². The van der Waals surface area contributed by atoms with Crippen LogP contribution in [0.3, 0.4) is 0 Å². The first-order valence-electron chi connectivity index (χ1n) is 8.64. The Hall–Kier alpha value is -2.00. The minimum Gasteiger partial charge on any atom is -0.497 e. The zero-order valence-corrected chi connectivity index (χ0v) is 15.0. The van der Waals surface area contributed by atoms with Crippen molar-refractivity contribution in [3.8, 4) is 11.5 Å². The maximum atomic E-state index is 6.16. The van der Waals surface area contributed by atoms with Gasteiger partial charge in [-0.25, -0.2) is 0 Å². The van der Waals surface area contributed by atoms with Crippen molar-refractivity contribution in [1.82, 2.24) is 5.32 Å². The van der Waals surface area contributed by atoms with Crippen molar-refractivity contribution in [2.45, 2.75) is 44.8 Å². The van der Waals surface area contributed by atoms with Crippen LogP contribution in [-0.2, 0) is 0 Å². The lowest BCUT2D eigenvalue weighted by atomic mass is 9.84. The summed E-state index contributed by atoms with van der Waals surface area (Å²) in [5.41, 5.74) is 2.40. The van der Waals surface area contributed by atoms with Gasteiger partial charge in [0.15, 0.2) is 0 Å². The van der Waals surface area contributed by atoms with E-state index in [9.17, 15) is 0 Å². The number of ether oxygens (including phenoxy) is 2. The molecule has 0 saturated carbocycles. The predicted molar refractivity (Wildman–Crippen MR) is 97.9 cm³/mol. The van der Waals surface area contributed by atoms with E-state index in [0.717, 1.165) is 24.5 Å². The van der Waals surface area contributed by atoms with E-state index in [1.165, 1.54) is 11.1 Å². The SMILES string of the molecule is COc1ccc2c(c1)[C@H](CNC(C)c1ccccc1)CC(C)(C)O2. The van der Waals surface area contributed by atoms with E-state index in [1.807, 2.05) is 12.1 Å². The Morgan fingerprint density at radius 1 is 1.21 bits per heavy atom. The number of benzene rings is 2. The van der Waals surface area contributed by atoms with Crippen LogP contribution in [0.15, 0.2) is 48.5 Å². The summed E-state index contributed by atoms with van der Waals surface area (Å²) in [5.74, 6) is 2.27. The molecule has 24 heavy (non-hydrogen) atoms. The second-order valence-corrected chi connectivity index (χ2v) is 7.21. The van der Waals surface area contributed by atoms with Gasteiger partial charge in [0.25, 0.3) is 0 Å². The maximum absolute atomic E-state index is 6.16. The number of hydrogen-bond acceptors (Lipinski definition) is 3. The summed E-state index contributed by atoms with van der Waals surface area (Å²) in [6.07, 6.45) is 0.988. The standard InChI is InChI=1S/C21H27NO2/c1-15(16-8-6-5-7-9-16)22-14-17-13-21(2,3)24-20-11-10-18(23-4)12-19(17)20/h5-12,15,17,22H,13-14H2,1-4H3/t15?,17-/m0/s1. The van der Waals surface area contributed by atoms with Crippen molar-refractivity contribution in [3.63, 3.8) is 0 Å². The highest BCUT2D eigenvalue weighted by Gasteiger charge is 2.34. The summed E-state index contributed by atoms with van der Waals surface area (Å²) in [5, 5.41) is 3.69. The smallest absolute Gasteiger partial charge is 0.123 e. The number of methoxy groups -OCH3 is 1. The monoisotopic (exact) mass is 325 g/mol. The van der Waals surface area contributed by atoms with Crippen molar-refractivity contribution in [1.29, 1.82) is 0 Å². The maximum Gasteiger partial charge on any atom is 0.123 e. The fraction of sp³-hybridized carbons (Fsp3) is 0.429. The van der Waals surface area contributed by atoms with Crippen LogP contribution >= 0.6 is 0 Å². The molecule has 0 fully saturated rings. The summed E-state index contributed by atoms with van der Waals surface area (Å²) >= 11 is 0. The van der Waals surface area contributed by atoms with Crippen LogP contribution in [0, 0.1) is 0 Å². The zero-order chi connectivity index (χ0) is 17.2. The molecule has 3 rings (SSSR count). The molecule has 0 amide bonds. The predicted octanol–water partition coefficient (Wildman–Crippen LogP) is 4.69. The van der Waals surface area contributed by atoms with E-state index in [1.54, 1.807) is 7.11 Å². The molecule has 1 N–H and O–H groups in total. The first-order valence-corrected chi connectivity index (χ1v) is 8.64. The first kappa shape index (κ1) is 16.8. The molecular formula is C21H27NO2. The molecule has 3 heteroatoms. The minimum absolute atomic E-state index is 0.149. The molecule has 1 heterocycles. The van der Waals surface area contributed by atoms with Crippen molar-refractivity contribution in [2.75, 3.05) is 13.7 Å². The first-order chi connectivity index (χ1) is 11.5. The largest absolute Gasteiger partial charge is 0.497 e. The van der Waals surface area contributed by atoms with E-state index in [2.05, 4.69) is 62.5 Å². The molecule has 0 bridgehead atoms. The highest BCUT2D eigenvalue weighted by molar-refractivity contribution is 5.44. The number of hydrogen-bond donors (Lipinski definition) is 1. The topological polar surface area (TPSA) is 30.5 Å². The zero-order valence-electron chi connectivity index (χ0n) is 15.0. The Balaban J connectivity index is 1.77. The van der Waals surface area contributed by atoms with Gasteiger partial charge in [0.05, 0.1) is 7.11 Å². The molecule has 1 aliphatic rings. The summed E-state index contributed by atoms with van der Waals surface area (Å²) in [4.78, 5) is 0. The van der Waals surface area contributed by atoms with Crippen LogP contribution in [0.5, 0.6) is 11.5 Å². The molecule has 2 aromatic carbocycles. The lowest BCUT2D eigenvalue weighted by Crippen LogP contribution is -2.38. The van der Waals surface area contributed by atoms with E-state index >= 15 is 0 Å². The minimum atomic E-state index is -0.149. The Bertz CT molecular complexity index is 681. The summed E-state index contributed by atoms with van der Waals surface area (Å²) in [6.45, 7) is 7.46. The summed E-state index contributed by atoms with van der Waals surface area (Å²) in [6, 6.07) is 17.0. The highest BCUT2D eigenvalue weighted by atomic mass is 16.5. The average molecular weight is 325 g/mol. The van der Waals surface area contributed by atoms with Crippen LogP contribution in [-0.4, -0.2) is 19.3 Å². The lowest BCUT2D eigenvalue weighted by Gasteiger charge is -2.38. The van der Waals surface area contributed by atoms with Crippen LogP contribution in [0.1, 0.15) is 50.3 Å². The second-order valence-electron chi connectivity index (χ2n) is 7.21. The molecule has 2 atom stereocenters. The lowest BCUT2D eigenvalue weighted by molar-refractivity contribution is 0.0711. The molecule has 2 aromatic rings. The molecule has 1 aliphatic heterocycles. The van der Waals surface area contributed by atoms with E-state index in [-0.39, 0.29) is 5.60 Å². The molecule has 0 aliphatic carbocycles. The van der Waals surface area contributed by atoms with Gasteiger partial charge in [-0.3, -0.25) is 0 Å². The summed E-state index contributed by atoms with van der Waals surface area (Å²) in [7, 11) is 1.71. The van der Waals surface area contributed by atoms with Crippen LogP contribution in [0.2, 0.25) is 0 Å². The number of nitrogens with one attached hydrogen (secondary N) is 1. The fourth-order valence-corrected chi connectivity index (χ4v) is 3.47. The van der Waals surface area contributed by atoms with E-state index in [4.69, 9.17) is 9.47 Å². The Labute approximate surface area is 145 Å². The highest BCUT2D eigenvalue weighted by Crippen LogP contribution is 2.42. The van der Waals surface area contributed by atoms with Crippen molar-refractivity contribution in [2.24, 2.45) is 0 Å². The fourth-order valence-electron chi connectivity index (χ4n) is 3.47. The Morgan fingerprint density at radius 3 is 2.67 bits per heavy atom.